The van der Waals surface area contributed by atoms with E-state index < -0.39 is 0 Å². The molecule has 50 valence electrons. The van der Waals surface area contributed by atoms with Crippen molar-refractivity contribution in [1.82, 2.24) is 0 Å². The zero-order valence-corrected chi connectivity index (χ0v) is 8.81. The summed E-state index contributed by atoms with van der Waals surface area (Å²) >= 11 is 0. The molecule has 1 nitrogen and oxygen atoms in total. The molecule has 0 saturated heterocycles. The standard InChI is InChI=1S/C7H15O.Na/c1-3-5-7(8)6-4-2;/h7H,3-6H2,1-2H3;/q-1;+1. The van der Waals surface area contributed by atoms with Crippen LogP contribution < -0.4 is 34.7 Å². The first-order valence-corrected chi connectivity index (χ1v) is 3.47. The molecule has 0 radical (unpaired) electrons. The molecule has 0 aromatic rings. The molecule has 0 aliphatic carbocycles. The van der Waals surface area contributed by atoms with Gasteiger partial charge in [0, 0.05) is 0 Å². The Bertz CT molecular complexity index is 42.2. The van der Waals surface area contributed by atoms with Crippen molar-refractivity contribution in [1.29, 1.82) is 0 Å². The van der Waals surface area contributed by atoms with Crippen LogP contribution in [0.5, 0.6) is 0 Å². The predicted molar refractivity (Wildman–Crippen MR) is 33.6 cm³/mol. The van der Waals surface area contributed by atoms with Gasteiger partial charge in [-0.2, -0.15) is 0 Å². The third kappa shape index (κ3) is 8.96. The molecular formula is C7H15NaO. The van der Waals surface area contributed by atoms with Gasteiger partial charge in [-0.25, -0.2) is 0 Å². The first-order chi connectivity index (χ1) is 3.81. The van der Waals surface area contributed by atoms with Crippen LogP contribution in [-0.4, -0.2) is 6.10 Å². The van der Waals surface area contributed by atoms with E-state index in [1.54, 1.807) is 0 Å². The molecule has 0 aromatic carbocycles. The van der Waals surface area contributed by atoms with Crippen LogP contribution in [0.3, 0.4) is 0 Å². The van der Waals surface area contributed by atoms with Crippen molar-refractivity contribution < 1.29 is 34.7 Å². The van der Waals surface area contributed by atoms with Crippen LogP contribution in [0.1, 0.15) is 39.5 Å². The van der Waals surface area contributed by atoms with Crippen LogP contribution in [0.4, 0.5) is 0 Å². The summed E-state index contributed by atoms with van der Waals surface area (Å²) in [6.07, 6.45) is 3.49. The Labute approximate surface area is 80.1 Å². The largest absolute Gasteiger partial charge is 1.00 e. The Kier molecular flexibility index (Phi) is 12.6. The van der Waals surface area contributed by atoms with Crippen LogP contribution in [0.25, 0.3) is 0 Å². The summed E-state index contributed by atoms with van der Waals surface area (Å²) in [6, 6.07) is 0. The molecule has 0 aromatic heterocycles. The zero-order valence-electron chi connectivity index (χ0n) is 6.81. The van der Waals surface area contributed by atoms with E-state index >= 15 is 0 Å². The van der Waals surface area contributed by atoms with Gasteiger partial charge in [0.15, 0.2) is 0 Å². The normalized spacial score (nSPS) is 9.33. The van der Waals surface area contributed by atoms with Crippen molar-refractivity contribution in [2.24, 2.45) is 0 Å². The first kappa shape index (κ1) is 12.6. The molecule has 0 bridgehead atoms. The summed E-state index contributed by atoms with van der Waals surface area (Å²) < 4.78 is 0. The second kappa shape index (κ2) is 8.96. The Morgan fingerprint density at radius 2 is 1.44 bits per heavy atom. The molecule has 0 rings (SSSR count). The van der Waals surface area contributed by atoms with E-state index in [1.165, 1.54) is 0 Å². The molecule has 0 spiro atoms. The van der Waals surface area contributed by atoms with E-state index in [0.717, 1.165) is 25.7 Å². The van der Waals surface area contributed by atoms with E-state index in [-0.39, 0.29) is 35.7 Å². The quantitative estimate of drug-likeness (QED) is 0.425. The zero-order chi connectivity index (χ0) is 6.41. The molecule has 0 unspecified atom stereocenters. The monoisotopic (exact) mass is 138 g/mol. The van der Waals surface area contributed by atoms with Gasteiger partial charge in [-0.1, -0.05) is 39.5 Å². The van der Waals surface area contributed by atoms with Crippen LogP contribution >= 0.6 is 0 Å². The average molecular weight is 138 g/mol. The SMILES string of the molecule is CCCC([O-])CCC.[Na+]. The van der Waals surface area contributed by atoms with Crippen LogP contribution in [-0.2, 0) is 0 Å². The topological polar surface area (TPSA) is 23.1 Å². The third-order valence-corrected chi connectivity index (χ3v) is 1.22. The molecular weight excluding hydrogens is 123 g/mol. The maximum atomic E-state index is 10.7. The minimum Gasteiger partial charge on any atom is -0.852 e. The molecule has 9 heavy (non-hydrogen) atoms. The number of rotatable bonds is 4. The Balaban J connectivity index is 0. The van der Waals surface area contributed by atoms with Gasteiger partial charge in [0.1, 0.15) is 0 Å². The Hall–Kier alpha value is 0.960. The molecule has 0 amide bonds. The van der Waals surface area contributed by atoms with Gasteiger partial charge in [-0.05, 0) is 0 Å². The van der Waals surface area contributed by atoms with Crippen molar-refractivity contribution in [2.75, 3.05) is 0 Å². The summed E-state index contributed by atoms with van der Waals surface area (Å²) in [6.45, 7) is 4.11. The van der Waals surface area contributed by atoms with Crippen molar-refractivity contribution in [3.63, 3.8) is 0 Å². The fourth-order valence-corrected chi connectivity index (χ4v) is 0.788. The van der Waals surface area contributed by atoms with Crippen molar-refractivity contribution in [3.8, 4) is 0 Å². The molecule has 0 atom stereocenters. The summed E-state index contributed by atoms with van der Waals surface area (Å²) in [5.74, 6) is 0. The Morgan fingerprint density at radius 1 is 1.11 bits per heavy atom. The summed E-state index contributed by atoms with van der Waals surface area (Å²) in [5.41, 5.74) is 0. The van der Waals surface area contributed by atoms with Crippen LogP contribution in [0.15, 0.2) is 0 Å². The molecule has 0 saturated carbocycles. The van der Waals surface area contributed by atoms with Gasteiger partial charge in [0.2, 0.25) is 0 Å². The maximum absolute atomic E-state index is 10.7. The fraction of sp³-hybridized carbons (Fsp3) is 1.00. The predicted octanol–water partition coefficient (Wildman–Crippen LogP) is -1.68. The van der Waals surface area contributed by atoms with E-state index in [0.29, 0.717) is 0 Å². The molecule has 0 N–H and O–H groups in total. The van der Waals surface area contributed by atoms with Gasteiger partial charge in [-0.3, -0.25) is 0 Å². The average Bonchev–Trinajstić information content (AvgIpc) is 1.68. The van der Waals surface area contributed by atoms with Gasteiger partial charge in [-0.15, -0.1) is 6.10 Å². The van der Waals surface area contributed by atoms with Gasteiger partial charge in [0.25, 0.3) is 0 Å². The van der Waals surface area contributed by atoms with E-state index in [2.05, 4.69) is 13.8 Å². The summed E-state index contributed by atoms with van der Waals surface area (Å²) in [4.78, 5) is 0. The molecule has 2 heteroatoms. The van der Waals surface area contributed by atoms with Crippen LogP contribution in [0.2, 0.25) is 0 Å². The van der Waals surface area contributed by atoms with Crippen molar-refractivity contribution >= 4 is 0 Å². The summed E-state index contributed by atoms with van der Waals surface area (Å²) in [5, 5.41) is 10.7. The molecule has 0 heterocycles. The second-order valence-electron chi connectivity index (χ2n) is 2.20. The van der Waals surface area contributed by atoms with Crippen molar-refractivity contribution in [2.45, 2.75) is 45.6 Å². The number of hydrogen-bond donors (Lipinski definition) is 0. The van der Waals surface area contributed by atoms with Crippen molar-refractivity contribution in [3.05, 3.63) is 0 Å². The van der Waals surface area contributed by atoms with E-state index in [1.807, 2.05) is 0 Å². The van der Waals surface area contributed by atoms with Gasteiger partial charge < -0.3 is 5.11 Å². The second-order valence-corrected chi connectivity index (χ2v) is 2.20. The molecule has 0 fully saturated rings. The number of hydrogen-bond acceptors (Lipinski definition) is 1. The summed E-state index contributed by atoms with van der Waals surface area (Å²) in [7, 11) is 0. The molecule has 0 aliphatic heterocycles. The van der Waals surface area contributed by atoms with Gasteiger partial charge >= 0.3 is 29.6 Å². The first-order valence-electron chi connectivity index (χ1n) is 3.47. The molecule has 0 aliphatic rings. The van der Waals surface area contributed by atoms with Gasteiger partial charge in [0.05, 0.1) is 0 Å². The minimum atomic E-state index is -0.287. The fourth-order valence-electron chi connectivity index (χ4n) is 0.788. The third-order valence-electron chi connectivity index (χ3n) is 1.22. The van der Waals surface area contributed by atoms with Crippen LogP contribution in [0, 0.1) is 0 Å². The Morgan fingerprint density at radius 3 is 1.67 bits per heavy atom. The smallest absolute Gasteiger partial charge is 0.852 e. The maximum Gasteiger partial charge on any atom is 1.00 e. The van der Waals surface area contributed by atoms with E-state index in [9.17, 15) is 5.11 Å². The minimum absolute atomic E-state index is 0. The van der Waals surface area contributed by atoms with E-state index in [4.69, 9.17) is 0 Å².